The molecule has 2 N–H and O–H groups in total. The minimum Gasteiger partial charge on any atom is -0.478 e. The van der Waals surface area contributed by atoms with Crippen molar-refractivity contribution in [1.82, 2.24) is 4.98 Å². The van der Waals surface area contributed by atoms with Crippen molar-refractivity contribution in [2.45, 2.75) is 13.5 Å². The Hall–Kier alpha value is -2.43. The largest absolute Gasteiger partial charge is 0.478 e. The first-order chi connectivity index (χ1) is 9.06. The van der Waals surface area contributed by atoms with E-state index >= 15 is 0 Å². The van der Waals surface area contributed by atoms with Crippen molar-refractivity contribution in [3.05, 3.63) is 59.2 Å². The van der Waals surface area contributed by atoms with Crippen LogP contribution < -0.4 is 5.32 Å². The second kappa shape index (κ2) is 5.48. The van der Waals surface area contributed by atoms with Crippen molar-refractivity contribution in [2.24, 2.45) is 0 Å². The lowest BCUT2D eigenvalue weighted by molar-refractivity contribution is 0.0695. The van der Waals surface area contributed by atoms with Gasteiger partial charge in [0.1, 0.15) is 5.82 Å². The predicted octanol–water partition coefficient (Wildman–Crippen LogP) is 2.84. The molecule has 19 heavy (non-hydrogen) atoms. The van der Waals surface area contributed by atoms with E-state index in [0.29, 0.717) is 11.4 Å². The molecule has 0 unspecified atom stereocenters. The normalized spacial score (nSPS) is 10.2. The van der Waals surface area contributed by atoms with Gasteiger partial charge in [0.15, 0.2) is 0 Å². The number of benzene rings is 1. The zero-order valence-electron chi connectivity index (χ0n) is 10.4. The predicted molar refractivity (Wildman–Crippen MR) is 69.7 cm³/mol. The van der Waals surface area contributed by atoms with E-state index in [-0.39, 0.29) is 17.9 Å². The van der Waals surface area contributed by atoms with Crippen LogP contribution >= 0.6 is 0 Å². The number of hydrogen-bond acceptors (Lipinski definition) is 3. The summed E-state index contributed by atoms with van der Waals surface area (Å²) in [5.41, 5.74) is 1.95. The average molecular weight is 260 g/mol. The summed E-state index contributed by atoms with van der Waals surface area (Å²) in [4.78, 5) is 15.0. The number of carboxylic acid groups (broad SMARTS) is 1. The maximum Gasteiger partial charge on any atom is 0.337 e. The number of nitrogens with zero attached hydrogens (tertiary/aromatic N) is 1. The summed E-state index contributed by atoms with van der Waals surface area (Å²) in [6.07, 6.45) is 1.53. The van der Waals surface area contributed by atoms with E-state index in [4.69, 9.17) is 5.11 Å². The van der Waals surface area contributed by atoms with Crippen LogP contribution in [-0.2, 0) is 6.54 Å². The molecular weight excluding hydrogens is 247 g/mol. The van der Waals surface area contributed by atoms with Gasteiger partial charge in [0.2, 0.25) is 0 Å². The summed E-state index contributed by atoms with van der Waals surface area (Å²) >= 11 is 0. The lowest BCUT2D eigenvalue weighted by atomic mass is 10.2. The lowest BCUT2D eigenvalue weighted by Crippen LogP contribution is -2.09. The highest BCUT2D eigenvalue weighted by molar-refractivity contribution is 5.88. The highest BCUT2D eigenvalue weighted by atomic mass is 19.1. The Morgan fingerprint density at radius 1 is 1.42 bits per heavy atom. The number of nitrogens with one attached hydrogen (secondary N) is 1. The van der Waals surface area contributed by atoms with E-state index in [9.17, 15) is 9.18 Å². The third kappa shape index (κ3) is 3.28. The van der Waals surface area contributed by atoms with E-state index in [1.54, 1.807) is 19.1 Å². The van der Waals surface area contributed by atoms with Crippen LogP contribution in [0.3, 0.4) is 0 Å². The third-order valence-corrected chi connectivity index (χ3v) is 2.62. The van der Waals surface area contributed by atoms with Gasteiger partial charge in [-0.2, -0.15) is 0 Å². The Labute approximate surface area is 109 Å². The topological polar surface area (TPSA) is 62.2 Å². The smallest absolute Gasteiger partial charge is 0.337 e. The molecule has 1 aromatic carbocycles. The fraction of sp³-hybridized carbons (Fsp3) is 0.143. The average Bonchev–Trinajstić information content (AvgIpc) is 2.35. The number of anilines is 1. The quantitative estimate of drug-likeness (QED) is 0.887. The Bertz CT molecular complexity index is 594. The number of pyridine rings is 1. The number of aromatic nitrogens is 1. The number of carboxylic acids is 1. The molecule has 0 spiro atoms. The third-order valence-electron chi connectivity index (χ3n) is 2.62. The van der Waals surface area contributed by atoms with E-state index in [2.05, 4.69) is 10.3 Å². The molecule has 5 heteroatoms. The van der Waals surface area contributed by atoms with Gasteiger partial charge in [0.25, 0.3) is 0 Å². The number of aryl methyl sites for hydroxylation is 1. The highest BCUT2D eigenvalue weighted by Crippen LogP contribution is 2.15. The first-order valence-corrected chi connectivity index (χ1v) is 5.74. The van der Waals surface area contributed by atoms with Crippen molar-refractivity contribution < 1.29 is 14.3 Å². The van der Waals surface area contributed by atoms with Gasteiger partial charge < -0.3 is 10.4 Å². The van der Waals surface area contributed by atoms with Gasteiger partial charge in [-0.15, -0.1) is 0 Å². The molecular formula is C14H13FN2O2. The Morgan fingerprint density at radius 2 is 2.21 bits per heavy atom. The van der Waals surface area contributed by atoms with Gasteiger partial charge in [-0.05, 0) is 42.8 Å². The number of halogens is 1. The van der Waals surface area contributed by atoms with Crippen LogP contribution in [-0.4, -0.2) is 16.1 Å². The van der Waals surface area contributed by atoms with Gasteiger partial charge in [-0.25, -0.2) is 9.18 Å². The summed E-state index contributed by atoms with van der Waals surface area (Å²) < 4.78 is 13.2. The minimum absolute atomic E-state index is 0.142. The molecule has 2 rings (SSSR count). The zero-order chi connectivity index (χ0) is 13.8. The zero-order valence-corrected chi connectivity index (χ0v) is 10.4. The fourth-order valence-electron chi connectivity index (χ4n) is 1.80. The molecule has 0 radical (unpaired) electrons. The van der Waals surface area contributed by atoms with Gasteiger partial charge in [0, 0.05) is 11.9 Å². The molecule has 0 amide bonds. The first-order valence-electron chi connectivity index (χ1n) is 5.74. The summed E-state index contributed by atoms with van der Waals surface area (Å²) in [7, 11) is 0. The molecule has 0 saturated heterocycles. The summed E-state index contributed by atoms with van der Waals surface area (Å²) in [5, 5.41) is 12.0. The second-order valence-electron chi connectivity index (χ2n) is 4.17. The van der Waals surface area contributed by atoms with Crippen LogP contribution in [0.2, 0.25) is 0 Å². The fourth-order valence-corrected chi connectivity index (χ4v) is 1.80. The van der Waals surface area contributed by atoms with Crippen LogP contribution in [0.4, 0.5) is 10.1 Å². The molecule has 0 fully saturated rings. The van der Waals surface area contributed by atoms with Crippen molar-refractivity contribution >= 4 is 11.7 Å². The van der Waals surface area contributed by atoms with Gasteiger partial charge in [-0.1, -0.05) is 0 Å². The number of aromatic carboxylic acids is 1. The molecule has 98 valence electrons. The molecule has 0 aliphatic heterocycles. The van der Waals surface area contributed by atoms with Gasteiger partial charge >= 0.3 is 5.97 Å². The van der Waals surface area contributed by atoms with Crippen LogP contribution in [0.5, 0.6) is 0 Å². The molecule has 0 aliphatic rings. The van der Waals surface area contributed by atoms with Crippen molar-refractivity contribution in [1.29, 1.82) is 0 Å². The molecule has 2 aromatic rings. The number of carbonyl (C=O) groups is 1. The molecule has 0 saturated carbocycles. The molecule has 1 aromatic heterocycles. The van der Waals surface area contributed by atoms with Gasteiger partial charge in [-0.3, -0.25) is 4.98 Å². The molecule has 0 atom stereocenters. The minimum atomic E-state index is -1.03. The van der Waals surface area contributed by atoms with Crippen LogP contribution in [0, 0.1) is 12.7 Å². The first kappa shape index (κ1) is 13.0. The molecule has 0 aliphatic carbocycles. The monoisotopic (exact) mass is 260 g/mol. The van der Waals surface area contributed by atoms with Crippen LogP contribution in [0.25, 0.3) is 0 Å². The van der Waals surface area contributed by atoms with Crippen LogP contribution in [0.15, 0.2) is 36.5 Å². The Balaban J connectivity index is 2.16. The lowest BCUT2D eigenvalue weighted by Gasteiger charge is -2.09. The van der Waals surface area contributed by atoms with Gasteiger partial charge in [0.05, 0.1) is 17.8 Å². The van der Waals surface area contributed by atoms with E-state index in [1.807, 2.05) is 0 Å². The van der Waals surface area contributed by atoms with E-state index in [0.717, 1.165) is 5.56 Å². The standard InChI is InChI=1S/C14H13FN2O2/c1-9-5-10(15)7-11(6-9)17-8-13-12(14(18)19)3-2-4-16-13/h2-7,17H,8H2,1H3,(H,18,19). The number of rotatable bonds is 4. The summed E-state index contributed by atoms with van der Waals surface area (Å²) in [6, 6.07) is 7.62. The second-order valence-corrected chi connectivity index (χ2v) is 4.17. The highest BCUT2D eigenvalue weighted by Gasteiger charge is 2.10. The van der Waals surface area contributed by atoms with E-state index < -0.39 is 5.97 Å². The number of hydrogen-bond donors (Lipinski definition) is 2. The van der Waals surface area contributed by atoms with Crippen molar-refractivity contribution in [3.8, 4) is 0 Å². The molecule has 0 bridgehead atoms. The SMILES string of the molecule is Cc1cc(F)cc(NCc2ncccc2C(=O)O)c1. The maximum absolute atomic E-state index is 13.2. The van der Waals surface area contributed by atoms with E-state index in [1.165, 1.54) is 24.4 Å². The molecule has 1 heterocycles. The van der Waals surface area contributed by atoms with Crippen molar-refractivity contribution in [2.75, 3.05) is 5.32 Å². The Morgan fingerprint density at radius 3 is 2.89 bits per heavy atom. The van der Waals surface area contributed by atoms with Crippen molar-refractivity contribution in [3.63, 3.8) is 0 Å². The summed E-state index contributed by atoms with van der Waals surface area (Å²) in [6.45, 7) is 2.02. The molecule has 4 nitrogen and oxygen atoms in total. The maximum atomic E-state index is 13.2. The van der Waals surface area contributed by atoms with Crippen LogP contribution in [0.1, 0.15) is 21.6 Å². The Kier molecular flexibility index (Phi) is 3.75. The summed E-state index contributed by atoms with van der Waals surface area (Å²) in [5.74, 6) is -1.36.